The fraction of sp³-hybridized carbons (Fsp3) is 0.500. The molecule has 150 valence electrons. The monoisotopic (exact) mass is 399 g/mol. The third-order valence-corrected chi connectivity index (χ3v) is 7.87. The number of hydrogen-bond acceptors (Lipinski definition) is 4. The molecule has 1 atom stereocenters. The molecule has 2 fully saturated rings. The molecular formula is C22H29N3O2S. The summed E-state index contributed by atoms with van der Waals surface area (Å²) in [6.45, 7) is 6.74. The number of nitrogens with zero attached hydrogens (tertiary/aromatic N) is 3. The van der Waals surface area contributed by atoms with Crippen LogP contribution >= 0.6 is 0 Å². The highest BCUT2D eigenvalue weighted by Gasteiger charge is 2.36. The Morgan fingerprint density at radius 3 is 2.36 bits per heavy atom. The van der Waals surface area contributed by atoms with Crippen molar-refractivity contribution < 1.29 is 8.42 Å². The zero-order valence-corrected chi connectivity index (χ0v) is 17.6. The van der Waals surface area contributed by atoms with Crippen molar-refractivity contribution in [2.24, 2.45) is 0 Å². The molecule has 0 saturated carbocycles. The molecule has 2 aliphatic rings. The molecule has 28 heavy (non-hydrogen) atoms. The van der Waals surface area contributed by atoms with E-state index in [0.29, 0.717) is 11.4 Å². The van der Waals surface area contributed by atoms with Crippen molar-refractivity contribution in [2.45, 2.75) is 56.9 Å². The summed E-state index contributed by atoms with van der Waals surface area (Å²) >= 11 is 0. The van der Waals surface area contributed by atoms with Crippen LogP contribution in [0.15, 0.2) is 41.4 Å². The zero-order valence-electron chi connectivity index (χ0n) is 16.8. The van der Waals surface area contributed by atoms with Crippen LogP contribution in [0.4, 0.5) is 5.82 Å². The lowest BCUT2D eigenvalue weighted by molar-refractivity contribution is 0.396. The molecule has 3 heterocycles. The first-order valence-corrected chi connectivity index (χ1v) is 11.7. The van der Waals surface area contributed by atoms with E-state index in [2.05, 4.69) is 17.9 Å². The number of aryl methyl sites for hydroxylation is 2. The summed E-state index contributed by atoms with van der Waals surface area (Å²) in [7, 11) is -3.50. The first-order chi connectivity index (χ1) is 13.5. The maximum atomic E-state index is 13.2. The molecule has 2 saturated heterocycles. The predicted molar refractivity (Wildman–Crippen MR) is 112 cm³/mol. The van der Waals surface area contributed by atoms with Crippen LogP contribution in [0.1, 0.15) is 54.8 Å². The van der Waals surface area contributed by atoms with Crippen LogP contribution in [0.3, 0.4) is 0 Å². The van der Waals surface area contributed by atoms with Gasteiger partial charge < -0.3 is 4.90 Å². The lowest BCUT2D eigenvalue weighted by Crippen LogP contribution is -2.32. The second kappa shape index (κ2) is 7.84. The average Bonchev–Trinajstić information content (AvgIpc) is 3.20. The molecule has 0 aliphatic carbocycles. The second-order valence-electron chi connectivity index (χ2n) is 8.04. The Kier molecular flexibility index (Phi) is 5.43. The van der Waals surface area contributed by atoms with E-state index in [1.54, 1.807) is 16.4 Å². The smallest absolute Gasteiger partial charge is 0.243 e. The minimum absolute atomic E-state index is 0.132. The van der Waals surface area contributed by atoms with Crippen molar-refractivity contribution in [3.8, 4) is 0 Å². The molecular weight excluding hydrogens is 370 g/mol. The van der Waals surface area contributed by atoms with Gasteiger partial charge in [-0.2, -0.15) is 4.31 Å². The van der Waals surface area contributed by atoms with Crippen molar-refractivity contribution in [3.05, 3.63) is 53.2 Å². The van der Waals surface area contributed by atoms with E-state index >= 15 is 0 Å². The lowest BCUT2D eigenvalue weighted by atomic mass is 10.0. The van der Waals surface area contributed by atoms with Gasteiger partial charge in [-0.15, -0.1) is 0 Å². The van der Waals surface area contributed by atoms with Gasteiger partial charge in [0.15, 0.2) is 0 Å². The summed E-state index contributed by atoms with van der Waals surface area (Å²) < 4.78 is 28.1. The van der Waals surface area contributed by atoms with E-state index in [1.807, 2.05) is 25.3 Å². The van der Waals surface area contributed by atoms with Crippen molar-refractivity contribution in [1.29, 1.82) is 0 Å². The van der Waals surface area contributed by atoms with Gasteiger partial charge in [-0.25, -0.2) is 13.4 Å². The summed E-state index contributed by atoms with van der Waals surface area (Å²) in [6.07, 6.45) is 7.34. The van der Waals surface area contributed by atoms with Crippen molar-refractivity contribution in [2.75, 3.05) is 24.5 Å². The number of anilines is 1. The molecule has 1 aromatic heterocycles. The van der Waals surface area contributed by atoms with E-state index in [1.165, 1.54) is 19.3 Å². The van der Waals surface area contributed by atoms with Crippen molar-refractivity contribution in [1.82, 2.24) is 9.29 Å². The van der Waals surface area contributed by atoms with Gasteiger partial charge in [0, 0.05) is 25.8 Å². The Bertz CT molecular complexity index is 935. The average molecular weight is 400 g/mol. The molecule has 0 amide bonds. The molecule has 0 radical (unpaired) electrons. The zero-order chi connectivity index (χ0) is 19.7. The Hall–Kier alpha value is -1.92. The quantitative estimate of drug-likeness (QED) is 0.773. The minimum Gasteiger partial charge on any atom is -0.356 e. The first-order valence-electron chi connectivity index (χ1n) is 10.3. The van der Waals surface area contributed by atoms with Crippen LogP contribution in [-0.2, 0) is 10.0 Å². The standard InChI is InChI=1S/C22H29N3O2S/c1-17-8-10-20(11-9-17)28(26,27)25-14-6-7-21(25)19-15-18(2)22(23-16-19)24-12-4-3-5-13-24/h8-11,15-16,21H,3-7,12-14H2,1-2H3/t21-/m1/s1. The molecule has 0 N–H and O–H groups in total. The van der Waals surface area contributed by atoms with Crippen LogP contribution in [-0.4, -0.2) is 37.3 Å². The summed E-state index contributed by atoms with van der Waals surface area (Å²) in [5, 5.41) is 0. The summed E-state index contributed by atoms with van der Waals surface area (Å²) in [5.74, 6) is 1.05. The third kappa shape index (κ3) is 3.67. The van der Waals surface area contributed by atoms with Crippen molar-refractivity contribution >= 4 is 15.8 Å². The van der Waals surface area contributed by atoms with Gasteiger partial charge in [-0.3, -0.25) is 0 Å². The molecule has 1 aromatic carbocycles. The highest BCUT2D eigenvalue weighted by molar-refractivity contribution is 7.89. The molecule has 0 bridgehead atoms. The van der Waals surface area contributed by atoms with Gasteiger partial charge in [0.2, 0.25) is 10.0 Å². The van der Waals surface area contributed by atoms with Crippen LogP contribution in [0, 0.1) is 13.8 Å². The summed E-state index contributed by atoms with van der Waals surface area (Å²) in [5.41, 5.74) is 3.20. The highest BCUT2D eigenvalue weighted by atomic mass is 32.2. The van der Waals surface area contributed by atoms with Gasteiger partial charge >= 0.3 is 0 Å². The predicted octanol–water partition coefficient (Wildman–Crippen LogP) is 4.21. The highest BCUT2D eigenvalue weighted by Crippen LogP contribution is 2.37. The maximum absolute atomic E-state index is 13.2. The van der Waals surface area contributed by atoms with Crippen LogP contribution in [0.25, 0.3) is 0 Å². The van der Waals surface area contributed by atoms with Crippen LogP contribution in [0.2, 0.25) is 0 Å². The SMILES string of the molecule is Cc1ccc(S(=O)(=O)N2CCC[C@@H]2c2cnc(N3CCCCC3)c(C)c2)cc1. The number of sulfonamides is 1. The fourth-order valence-electron chi connectivity index (χ4n) is 4.41. The Labute approximate surface area is 168 Å². The van der Waals surface area contributed by atoms with E-state index in [0.717, 1.165) is 48.4 Å². The van der Waals surface area contributed by atoms with Gasteiger partial charge in [-0.05, 0) is 75.3 Å². The van der Waals surface area contributed by atoms with Gasteiger partial charge in [0.1, 0.15) is 5.82 Å². The Morgan fingerprint density at radius 1 is 0.964 bits per heavy atom. The van der Waals surface area contributed by atoms with Gasteiger partial charge in [0.25, 0.3) is 0 Å². The van der Waals surface area contributed by atoms with E-state index in [9.17, 15) is 8.42 Å². The molecule has 0 spiro atoms. The number of benzene rings is 1. The number of rotatable bonds is 4. The van der Waals surface area contributed by atoms with E-state index < -0.39 is 10.0 Å². The van der Waals surface area contributed by atoms with Crippen molar-refractivity contribution in [3.63, 3.8) is 0 Å². The minimum atomic E-state index is -3.50. The Morgan fingerprint density at radius 2 is 1.68 bits per heavy atom. The second-order valence-corrected chi connectivity index (χ2v) is 9.93. The fourth-order valence-corrected chi connectivity index (χ4v) is 6.10. The topological polar surface area (TPSA) is 53.5 Å². The Balaban J connectivity index is 1.61. The van der Waals surface area contributed by atoms with Gasteiger partial charge in [0.05, 0.1) is 10.9 Å². The number of piperidine rings is 1. The largest absolute Gasteiger partial charge is 0.356 e. The number of hydrogen-bond donors (Lipinski definition) is 0. The molecule has 5 nitrogen and oxygen atoms in total. The third-order valence-electron chi connectivity index (χ3n) is 5.94. The normalized spacial score (nSPS) is 21.2. The first kappa shape index (κ1) is 19.4. The molecule has 6 heteroatoms. The number of aromatic nitrogens is 1. The molecule has 4 rings (SSSR count). The summed E-state index contributed by atoms with van der Waals surface area (Å²) in [6, 6.07) is 9.15. The van der Waals surface area contributed by atoms with Crippen LogP contribution < -0.4 is 4.90 Å². The van der Waals surface area contributed by atoms with E-state index in [4.69, 9.17) is 4.98 Å². The molecule has 2 aromatic rings. The van der Waals surface area contributed by atoms with E-state index in [-0.39, 0.29) is 6.04 Å². The lowest BCUT2D eigenvalue weighted by Gasteiger charge is -2.30. The maximum Gasteiger partial charge on any atom is 0.243 e. The molecule has 0 unspecified atom stereocenters. The number of pyridine rings is 1. The summed E-state index contributed by atoms with van der Waals surface area (Å²) in [4.78, 5) is 7.49. The van der Waals surface area contributed by atoms with Gasteiger partial charge in [-0.1, -0.05) is 17.7 Å². The van der Waals surface area contributed by atoms with Crippen LogP contribution in [0.5, 0.6) is 0 Å². The molecule has 2 aliphatic heterocycles.